The van der Waals surface area contributed by atoms with Crippen molar-refractivity contribution in [1.29, 1.82) is 0 Å². The summed E-state index contributed by atoms with van der Waals surface area (Å²) in [6.07, 6.45) is 2.60. The van der Waals surface area contributed by atoms with Crippen molar-refractivity contribution in [2.75, 3.05) is 26.2 Å². The molecule has 1 heterocycles. The van der Waals surface area contributed by atoms with Crippen LogP contribution in [0.5, 0.6) is 11.5 Å². The van der Waals surface area contributed by atoms with E-state index < -0.39 is 0 Å². The summed E-state index contributed by atoms with van der Waals surface area (Å²) in [4.78, 5) is 18.3. The van der Waals surface area contributed by atoms with Crippen LogP contribution in [0.2, 0.25) is 0 Å². The lowest BCUT2D eigenvalue weighted by Gasteiger charge is -2.16. The van der Waals surface area contributed by atoms with Gasteiger partial charge in [0, 0.05) is 32.6 Å². The van der Waals surface area contributed by atoms with E-state index in [0.29, 0.717) is 13.0 Å². The van der Waals surface area contributed by atoms with E-state index >= 15 is 0 Å². The molecular weight excluding hydrogens is 491 g/mol. The maximum Gasteiger partial charge on any atom is 0.222 e. The number of guanidine groups is 1. The Morgan fingerprint density at radius 1 is 1.10 bits per heavy atom. The van der Waals surface area contributed by atoms with Gasteiger partial charge in [0.1, 0.15) is 11.5 Å². The number of amides is 1. The molecule has 6 nitrogen and oxygen atoms in total. The fraction of sp³-hybridized carbons (Fsp3) is 0.391. The van der Waals surface area contributed by atoms with Gasteiger partial charge in [-0.2, -0.15) is 0 Å². The normalized spacial score (nSPS) is 13.7. The summed E-state index contributed by atoms with van der Waals surface area (Å²) >= 11 is 0. The molecule has 0 atom stereocenters. The Morgan fingerprint density at radius 3 is 2.63 bits per heavy atom. The first-order valence-corrected chi connectivity index (χ1v) is 10.4. The number of benzene rings is 2. The van der Waals surface area contributed by atoms with Crippen molar-refractivity contribution in [3.63, 3.8) is 0 Å². The highest BCUT2D eigenvalue weighted by molar-refractivity contribution is 14.0. The van der Waals surface area contributed by atoms with Gasteiger partial charge in [-0.15, -0.1) is 24.0 Å². The van der Waals surface area contributed by atoms with Gasteiger partial charge in [-0.05, 0) is 49.6 Å². The van der Waals surface area contributed by atoms with Crippen molar-refractivity contribution in [1.82, 2.24) is 15.5 Å². The number of carbonyl (C=O) groups excluding carboxylic acids is 1. The monoisotopic (exact) mass is 522 g/mol. The predicted octanol–water partition coefficient (Wildman–Crippen LogP) is 4.16. The van der Waals surface area contributed by atoms with Gasteiger partial charge in [-0.1, -0.05) is 30.3 Å². The number of likely N-dealkylation sites (tertiary alicyclic amines) is 1. The lowest BCUT2D eigenvalue weighted by Crippen LogP contribution is -2.39. The third-order valence-electron chi connectivity index (χ3n) is 4.71. The minimum absolute atomic E-state index is 0. The minimum atomic E-state index is 0. The standard InChI is InChI=1S/C23H30N4O2.HI/c1-2-24-23(25-14-8-16-27-15-7-13-22(27)28)26-18-19-9-6-12-21(17-19)29-20-10-4-3-5-11-20;/h3-6,9-12,17H,2,7-8,13-16,18H2,1H3,(H2,24,25,26);1H. The second kappa shape index (κ2) is 13.1. The molecule has 2 aromatic rings. The number of hydrogen-bond donors (Lipinski definition) is 2. The molecule has 1 aliphatic rings. The summed E-state index contributed by atoms with van der Waals surface area (Å²) in [6.45, 7) is 5.90. The fourth-order valence-electron chi connectivity index (χ4n) is 3.26. The number of para-hydroxylation sites is 1. The number of carbonyl (C=O) groups is 1. The van der Waals surface area contributed by atoms with E-state index in [1.165, 1.54) is 0 Å². The van der Waals surface area contributed by atoms with Gasteiger partial charge < -0.3 is 20.3 Å². The summed E-state index contributed by atoms with van der Waals surface area (Å²) in [5.41, 5.74) is 1.08. The lowest BCUT2D eigenvalue weighted by atomic mass is 10.2. The van der Waals surface area contributed by atoms with Crippen LogP contribution in [0, 0.1) is 0 Å². The van der Waals surface area contributed by atoms with E-state index in [4.69, 9.17) is 4.74 Å². The lowest BCUT2D eigenvalue weighted by molar-refractivity contribution is -0.127. The molecule has 0 bridgehead atoms. The molecule has 7 heteroatoms. The molecule has 162 valence electrons. The van der Waals surface area contributed by atoms with E-state index in [2.05, 4.69) is 22.5 Å². The number of nitrogens with one attached hydrogen (secondary N) is 2. The van der Waals surface area contributed by atoms with Gasteiger partial charge in [-0.3, -0.25) is 4.79 Å². The minimum Gasteiger partial charge on any atom is -0.457 e. The van der Waals surface area contributed by atoms with Crippen LogP contribution in [0.3, 0.4) is 0 Å². The van der Waals surface area contributed by atoms with Gasteiger partial charge in [0.2, 0.25) is 5.91 Å². The Hall–Kier alpha value is -2.29. The number of halogens is 1. The van der Waals surface area contributed by atoms with E-state index in [0.717, 1.165) is 62.0 Å². The van der Waals surface area contributed by atoms with E-state index in [1.807, 2.05) is 59.5 Å². The van der Waals surface area contributed by atoms with Gasteiger partial charge in [0.05, 0.1) is 6.54 Å². The van der Waals surface area contributed by atoms with Crippen molar-refractivity contribution in [3.8, 4) is 11.5 Å². The van der Waals surface area contributed by atoms with Gasteiger partial charge in [-0.25, -0.2) is 4.99 Å². The Bertz CT molecular complexity index is 814. The largest absolute Gasteiger partial charge is 0.457 e. The van der Waals surface area contributed by atoms with E-state index in [1.54, 1.807) is 0 Å². The first-order chi connectivity index (χ1) is 14.2. The van der Waals surface area contributed by atoms with Crippen LogP contribution < -0.4 is 15.4 Å². The highest BCUT2D eigenvalue weighted by Gasteiger charge is 2.18. The fourth-order valence-corrected chi connectivity index (χ4v) is 3.26. The zero-order valence-corrected chi connectivity index (χ0v) is 19.8. The number of aliphatic imine (C=N–C) groups is 1. The Kier molecular flexibility index (Phi) is 10.5. The first kappa shape index (κ1) is 24.0. The van der Waals surface area contributed by atoms with Gasteiger partial charge >= 0.3 is 0 Å². The quantitative estimate of drug-likeness (QED) is 0.225. The molecule has 1 amide bonds. The highest BCUT2D eigenvalue weighted by atomic mass is 127. The second-order valence-corrected chi connectivity index (χ2v) is 7.02. The Balaban J connectivity index is 0.00000320. The third-order valence-corrected chi connectivity index (χ3v) is 4.71. The molecule has 1 aliphatic heterocycles. The van der Waals surface area contributed by atoms with Crippen LogP contribution in [-0.4, -0.2) is 42.9 Å². The molecule has 1 fully saturated rings. The van der Waals surface area contributed by atoms with Crippen molar-refractivity contribution >= 4 is 35.8 Å². The molecule has 0 radical (unpaired) electrons. The van der Waals surface area contributed by atoms with Crippen LogP contribution in [0.25, 0.3) is 0 Å². The van der Waals surface area contributed by atoms with Crippen molar-refractivity contribution in [2.45, 2.75) is 32.7 Å². The second-order valence-electron chi connectivity index (χ2n) is 7.02. The smallest absolute Gasteiger partial charge is 0.222 e. The zero-order valence-electron chi connectivity index (χ0n) is 17.5. The first-order valence-electron chi connectivity index (χ1n) is 10.4. The van der Waals surface area contributed by atoms with Crippen LogP contribution >= 0.6 is 24.0 Å². The van der Waals surface area contributed by atoms with Crippen molar-refractivity contribution in [2.24, 2.45) is 4.99 Å². The van der Waals surface area contributed by atoms with Crippen LogP contribution in [0.4, 0.5) is 0 Å². The number of hydrogen-bond acceptors (Lipinski definition) is 3. The molecule has 0 aliphatic carbocycles. The maximum absolute atomic E-state index is 11.7. The van der Waals surface area contributed by atoms with E-state index in [-0.39, 0.29) is 29.9 Å². The molecular formula is C23H31IN4O2. The SMILES string of the molecule is CCNC(=NCc1cccc(Oc2ccccc2)c1)NCCCN1CCCC1=O.I. The number of rotatable bonds is 9. The molecule has 30 heavy (non-hydrogen) atoms. The molecule has 2 N–H and O–H groups in total. The van der Waals surface area contributed by atoms with Crippen molar-refractivity contribution in [3.05, 3.63) is 60.2 Å². The molecule has 0 spiro atoms. The summed E-state index contributed by atoms with van der Waals surface area (Å²) in [6, 6.07) is 17.7. The molecule has 0 saturated carbocycles. The molecule has 1 saturated heterocycles. The average molecular weight is 522 g/mol. The summed E-state index contributed by atoms with van der Waals surface area (Å²) < 4.78 is 5.90. The Morgan fingerprint density at radius 2 is 1.90 bits per heavy atom. The van der Waals surface area contributed by atoms with E-state index in [9.17, 15) is 4.79 Å². The van der Waals surface area contributed by atoms with Crippen LogP contribution in [-0.2, 0) is 11.3 Å². The maximum atomic E-state index is 11.7. The van der Waals surface area contributed by atoms with Crippen LogP contribution in [0.1, 0.15) is 31.7 Å². The highest BCUT2D eigenvalue weighted by Crippen LogP contribution is 2.22. The topological polar surface area (TPSA) is 66.0 Å². The third kappa shape index (κ3) is 7.85. The molecule has 0 unspecified atom stereocenters. The zero-order chi connectivity index (χ0) is 20.3. The Labute approximate surface area is 196 Å². The van der Waals surface area contributed by atoms with Crippen molar-refractivity contribution < 1.29 is 9.53 Å². The molecule has 2 aromatic carbocycles. The van der Waals surface area contributed by atoms with Gasteiger partial charge in [0.15, 0.2) is 5.96 Å². The van der Waals surface area contributed by atoms with Gasteiger partial charge in [0.25, 0.3) is 0 Å². The summed E-state index contributed by atoms with van der Waals surface area (Å²) in [7, 11) is 0. The molecule has 0 aromatic heterocycles. The predicted molar refractivity (Wildman–Crippen MR) is 132 cm³/mol. The summed E-state index contributed by atoms with van der Waals surface area (Å²) in [5.74, 6) is 2.69. The summed E-state index contributed by atoms with van der Waals surface area (Å²) in [5, 5.41) is 6.63. The average Bonchev–Trinajstić information content (AvgIpc) is 3.15. The number of ether oxygens (including phenoxy) is 1. The van der Waals surface area contributed by atoms with Crippen LogP contribution in [0.15, 0.2) is 59.6 Å². The number of nitrogens with zero attached hydrogens (tertiary/aromatic N) is 2. The molecule has 3 rings (SSSR count).